The van der Waals surface area contributed by atoms with Gasteiger partial charge in [0.05, 0.1) is 5.57 Å². The molecular weight excluding hydrogens is 228 g/mol. The Bertz CT molecular complexity index is 362. The Labute approximate surface area is 129 Å². The van der Waals surface area contributed by atoms with E-state index in [2.05, 4.69) is 12.7 Å². The minimum Gasteiger partial charge on any atom is -1.00 e. The van der Waals surface area contributed by atoms with Crippen LogP contribution in [0.15, 0.2) is 35.6 Å². The third-order valence-electron chi connectivity index (χ3n) is 2.90. The summed E-state index contributed by atoms with van der Waals surface area (Å²) in [4.78, 5) is 11.7. The van der Waals surface area contributed by atoms with E-state index in [4.69, 9.17) is 4.74 Å². The normalized spacial score (nSPS) is 18.5. The Balaban J connectivity index is 0. The second kappa shape index (κ2) is 6.63. The van der Waals surface area contributed by atoms with E-state index in [1.807, 2.05) is 6.08 Å². The molecule has 3 heteroatoms. The molecule has 0 aliphatic heterocycles. The number of carbonyl (C=O) groups excluding carboxylic acids is 1. The molecule has 0 aromatic heterocycles. The van der Waals surface area contributed by atoms with Crippen molar-refractivity contribution >= 4 is 43.7 Å². The second-order valence-electron chi connectivity index (χ2n) is 4.05. The van der Waals surface area contributed by atoms with Gasteiger partial charge in [-0.05, 0) is 43.8 Å². The minimum absolute atomic E-state index is 0. The van der Waals surface area contributed by atoms with Crippen LogP contribution in [-0.2, 0) is 9.53 Å². The fourth-order valence-electron chi connectivity index (χ4n) is 1.99. The maximum Gasteiger partial charge on any atom is 2.00 e. The summed E-state index contributed by atoms with van der Waals surface area (Å²) in [6.07, 6.45) is 10.2. The standard InChI is InChI=1S/C13H16O2.Ca.2H/c1-10(11-6-2-3-7-11)13(14)15-12-8-4-5-9-12;;;/h6,8H,1-5,7,9H2;;;/q;+2;2*-1. The van der Waals surface area contributed by atoms with Gasteiger partial charge in [-0.3, -0.25) is 0 Å². The summed E-state index contributed by atoms with van der Waals surface area (Å²) >= 11 is 0. The van der Waals surface area contributed by atoms with Gasteiger partial charge >= 0.3 is 43.7 Å². The van der Waals surface area contributed by atoms with Crippen LogP contribution in [0.5, 0.6) is 0 Å². The molecule has 0 spiro atoms. The molecule has 2 nitrogen and oxygen atoms in total. The molecule has 0 fully saturated rings. The summed E-state index contributed by atoms with van der Waals surface area (Å²) in [6.45, 7) is 3.81. The predicted octanol–water partition coefficient (Wildman–Crippen LogP) is 3.11. The average Bonchev–Trinajstić information content (AvgIpc) is 2.88. The maximum absolute atomic E-state index is 11.7. The molecule has 0 saturated heterocycles. The first-order valence-corrected chi connectivity index (χ1v) is 5.57. The van der Waals surface area contributed by atoms with Crippen molar-refractivity contribution in [3.05, 3.63) is 35.6 Å². The molecule has 0 saturated carbocycles. The molecule has 0 radical (unpaired) electrons. The Kier molecular flexibility index (Phi) is 5.81. The van der Waals surface area contributed by atoms with Crippen LogP contribution in [0.25, 0.3) is 0 Å². The number of allylic oxidation sites excluding steroid dienone is 3. The monoisotopic (exact) mass is 246 g/mol. The molecule has 2 aliphatic rings. The van der Waals surface area contributed by atoms with Gasteiger partial charge < -0.3 is 7.59 Å². The van der Waals surface area contributed by atoms with Crippen LogP contribution in [-0.4, -0.2) is 43.7 Å². The fraction of sp³-hybridized carbons (Fsp3) is 0.462. The first kappa shape index (κ1) is 14.0. The summed E-state index contributed by atoms with van der Waals surface area (Å²) in [7, 11) is 0. The van der Waals surface area contributed by atoms with E-state index in [-0.39, 0.29) is 46.6 Å². The molecule has 0 heterocycles. The number of ether oxygens (including phenoxy) is 1. The molecule has 0 atom stereocenters. The number of esters is 1. The molecule has 0 aromatic rings. The van der Waals surface area contributed by atoms with Crippen molar-refractivity contribution in [2.45, 2.75) is 38.5 Å². The van der Waals surface area contributed by atoms with Crippen molar-refractivity contribution in [2.75, 3.05) is 0 Å². The Hall–Kier alpha value is -0.0503. The van der Waals surface area contributed by atoms with E-state index in [0.717, 1.165) is 49.9 Å². The Morgan fingerprint density at radius 3 is 2.50 bits per heavy atom. The molecule has 0 aromatic carbocycles. The number of carbonyl (C=O) groups is 1. The zero-order valence-corrected chi connectivity index (χ0v) is 11.8. The van der Waals surface area contributed by atoms with Gasteiger partial charge in [-0.2, -0.15) is 0 Å². The quantitative estimate of drug-likeness (QED) is 0.434. The van der Waals surface area contributed by atoms with Crippen molar-refractivity contribution in [3.63, 3.8) is 0 Å². The minimum atomic E-state index is -0.267. The molecule has 16 heavy (non-hydrogen) atoms. The molecule has 0 amide bonds. The van der Waals surface area contributed by atoms with Gasteiger partial charge in [-0.1, -0.05) is 12.7 Å². The molecule has 0 unspecified atom stereocenters. The fourth-order valence-corrected chi connectivity index (χ4v) is 1.99. The Morgan fingerprint density at radius 2 is 1.94 bits per heavy atom. The summed E-state index contributed by atoms with van der Waals surface area (Å²) in [5.41, 5.74) is 1.61. The zero-order chi connectivity index (χ0) is 10.7. The third-order valence-corrected chi connectivity index (χ3v) is 2.90. The molecule has 0 bridgehead atoms. The van der Waals surface area contributed by atoms with Gasteiger partial charge in [0.2, 0.25) is 0 Å². The molecule has 0 N–H and O–H groups in total. The first-order valence-electron chi connectivity index (χ1n) is 5.57. The van der Waals surface area contributed by atoms with E-state index >= 15 is 0 Å². The van der Waals surface area contributed by atoms with Gasteiger partial charge in [0.15, 0.2) is 0 Å². The van der Waals surface area contributed by atoms with Crippen molar-refractivity contribution < 1.29 is 12.4 Å². The van der Waals surface area contributed by atoms with Crippen LogP contribution >= 0.6 is 0 Å². The smallest absolute Gasteiger partial charge is 1.00 e. The van der Waals surface area contributed by atoms with Gasteiger partial charge in [0.25, 0.3) is 0 Å². The topological polar surface area (TPSA) is 26.3 Å². The van der Waals surface area contributed by atoms with Crippen molar-refractivity contribution in [1.29, 1.82) is 0 Å². The maximum atomic E-state index is 11.7. The number of hydrogen-bond donors (Lipinski definition) is 0. The molecule has 2 aliphatic carbocycles. The summed E-state index contributed by atoms with van der Waals surface area (Å²) in [6, 6.07) is 0. The van der Waals surface area contributed by atoms with Gasteiger partial charge in [-0.25, -0.2) is 4.79 Å². The van der Waals surface area contributed by atoms with Gasteiger partial charge in [-0.15, -0.1) is 0 Å². The number of hydrogen-bond acceptors (Lipinski definition) is 2. The van der Waals surface area contributed by atoms with E-state index in [0.29, 0.717) is 5.57 Å². The zero-order valence-electron chi connectivity index (χ0n) is 11.6. The average molecular weight is 246 g/mol. The van der Waals surface area contributed by atoms with E-state index < -0.39 is 0 Å². The SMILES string of the molecule is C=C(C(=O)OC1=CCCC1)C1=CCCC1.[Ca+2].[H-].[H-]. The summed E-state index contributed by atoms with van der Waals surface area (Å²) < 4.78 is 5.27. The third kappa shape index (κ3) is 3.47. The van der Waals surface area contributed by atoms with E-state index in [1.54, 1.807) is 0 Å². The number of rotatable bonds is 3. The predicted molar refractivity (Wildman–Crippen MR) is 67.1 cm³/mol. The van der Waals surface area contributed by atoms with Crippen LogP contribution in [0.1, 0.15) is 41.4 Å². The van der Waals surface area contributed by atoms with E-state index in [9.17, 15) is 4.79 Å². The summed E-state index contributed by atoms with van der Waals surface area (Å²) in [5, 5.41) is 0. The largest absolute Gasteiger partial charge is 2.00 e. The molecule has 2 rings (SSSR count). The van der Waals surface area contributed by atoms with Crippen LogP contribution in [0.4, 0.5) is 0 Å². The van der Waals surface area contributed by atoms with Crippen LogP contribution in [0, 0.1) is 0 Å². The van der Waals surface area contributed by atoms with Crippen molar-refractivity contribution in [3.8, 4) is 0 Å². The second-order valence-corrected chi connectivity index (χ2v) is 4.05. The van der Waals surface area contributed by atoms with Gasteiger partial charge in [0.1, 0.15) is 5.76 Å². The van der Waals surface area contributed by atoms with Gasteiger partial charge in [0, 0.05) is 6.42 Å². The van der Waals surface area contributed by atoms with Crippen molar-refractivity contribution in [2.24, 2.45) is 0 Å². The van der Waals surface area contributed by atoms with Crippen LogP contribution in [0.2, 0.25) is 0 Å². The summed E-state index contributed by atoms with van der Waals surface area (Å²) in [5.74, 6) is 0.552. The van der Waals surface area contributed by atoms with E-state index in [1.165, 1.54) is 0 Å². The first-order chi connectivity index (χ1) is 7.27. The van der Waals surface area contributed by atoms with Crippen LogP contribution < -0.4 is 0 Å². The molecule has 84 valence electrons. The van der Waals surface area contributed by atoms with Crippen LogP contribution in [0.3, 0.4) is 0 Å². The Morgan fingerprint density at radius 1 is 1.25 bits per heavy atom. The van der Waals surface area contributed by atoms with Crippen molar-refractivity contribution in [1.82, 2.24) is 0 Å². The molecular formula is C13H18CaO2.